The summed E-state index contributed by atoms with van der Waals surface area (Å²) in [7, 11) is 6.47. The van der Waals surface area contributed by atoms with Crippen LogP contribution in [0.3, 0.4) is 0 Å². The third kappa shape index (κ3) is 4.01. The molecular formula is C30H35N3O5. The van der Waals surface area contributed by atoms with Crippen LogP contribution in [0.4, 0.5) is 0 Å². The minimum absolute atomic E-state index is 0.00704. The SMILES string of the molecule is CCC1C(=O)N2CCc3cc(OC)c(OC)cc3C2CC1CC1(C#N)NC=Cc2cc(OC)c(OC)cc21. The summed E-state index contributed by atoms with van der Waals surface area (Å²) in [6.07, 6.45) is 6.53. The van der Waals surface area contributed by atoms with Crippen LogP contribution in [0.15, 0.2) is 30.5 Å². The molecule has 0 aromatic heterocycles. The molecule has 8 nitrogen and oxygen atoms in total. The number of benzene rings is 2. The predicted molar refractivity (Wildman–Crippen MR) is 143 cm³/mol. The van der Waals surface area contributed by atoms with Crippen molar-refractivity contribution in [3.63, 3.8) is 0 Å². The summed E-state index contributed by atoms with van der Waals surface area (Å²) in [5, 5.41) is 14.0. The van der Waals surface area contributed by atoms with Gasteiger partial charge in [0, 0.05) is 18.0 Å². The largest absolute Gasteiger partial charge is 0.493 e. The summed E-state index contributed by atoms with van der Waals surface area (Å²) in [4.78, 5) is 15.9. The molecule has 3 aliphatic rings. The molecule has 0 bridgehead atoms. The van der Waals surface area contributed by atoms with Gasteiger partial charge in [-0.3, -0.25) is 4.79 Å². The molecule has 1 N–H and O–H groups in total. The topological polar surface area (TPSA) is 93.1 Å². The Kier molecular flexibility index (Phi) is 6.87. The van der Waals surface area contributed by atoms with Gasteiger partial charge in [-0.15, -0.1) is 0 Å². The van der Waals surface area contributed by atoms with E-state index in [1.807, 2.05) is 41.4 Å². The van der Waals surface area contributed by atoms with Gasteiger partial charge in [0.2, 0.25) is 5.91 Å². The number of methoxy groups -OCH3 is 4. The summed E-state index contributed by atoms with van der Waals surface area (Å²) in [6, 6.07) is 10.4. The summed E-state index contributed by atoms with van der Waals surface area (Å²) < 4.78 is 22.2. The Hall–Kier alpha value is -3.86. The first-order valence-corrected chi connectivity index (χ1v) is 13.1. The lowest BCUT2D eigenvalue weighted by Crippen LogP contribution is -2.52. The molecular weight excluding hydrogens is 482 g/mol. The third-order valence-electron chi connectivity index (χ3n) is 8.51. The molecule has 0 aliphatic carbocycles. The molecule has 3 heterocycles. The Bertz CT molecular complexity index is 1320. The van der Waals surface area contributed by atoms with Gasteiger partial charge in [0.15, 0.2) is 28.5 Å². The fourth-order valence-electron chi connectivity index (χ4n) is 6.60. The maximum absolute atomic E-state index is 13.9. The van der Waals surface area contributed by atoms with Gasteiger partial charge in [-0.25, -0.2) is 0 Å². The molecule has 200 valence electrons. The van der Waals surface area contributed by atoms with E-state index in [9.17, 15) is 10.1 Å². The molecule has 0 radical (unpaired) electrons. The highest BCUT2D eigenvalue weighted by Crippen LogP contribution is 2.49. The van der Waals surface area contributed by atoms with Gasteiger partial charge >= 0.3 is 0 Å². The van der Waals surface area contributed by atoms with E-state index < -0.39 is 5.54 Å². The second kappa shape index (κ2) is 10.1. The fraction of sp³-hybridized carbons (Fsp3) is 0.467. The van der Waals surface area contributed by atoms with Crippen molar-refractivity contribution in [2.45, 2.75) is 44.2 Å². The molecule has 2 aromatic carbocycles. The van der Waals surface area contributed by atoms with Crippen molar-refractivity contribution < 1.29 is 23.7 Å². The van der Waals surface area contributed by atoms with E-state index in [4.69, 9.17) is 18.9 Å². The minimum Gasteiger partial charge on any atom is -0.493 e. The summed E-state index contributed by atoms with van der Waals surface area (Å²) >= 11 is 0. The van der Waals surface area contributed by atoms with Gasteiger partial charge in [-0.05, 0) is 84.8 Å². The first-order chi connectivity index (χ1) is 18.4. The molecule has 1 amide bonds. The van der Waals surface area contributed by atoms with E-state index in [1.54, 1.807) is 28.4 Å². The molecule has 5 rings (SSSR count). The van der Waals surface area contributed by atoms with E-state index in [-0.39, 0.29) is 23.8 Å². The zero-order valence-corrected chi connectivity index (χ0v) is 22.7. The Morgan fingerprint density at radius 3 is 2.34 bits per heavy atom. The van der Waals surface area contributed by atoms with Crippen LogP contribution in [0.25, 0.3) is 6.08 Å². The number of ether oxygens (including phenoxy) is 4. The highest BCUT2D eigenvalue weighted by Gasteiger charge is 2.48. The zero-order valence-electron chi connectivity index (χ0n) is 22.7. The average molecular weight is 518 g/mol. The number of hydrogen-bond acceptors (Lipinski definition) is 7. The van der Waals surface area contributed by atoms with Crippen molar-refractivity contribution in [1.82, 2.24) is 10.2 Å². The lowest BCUT2D eigenvalue weighted by molar-refractivity contribution is -0.147. The standard InChI is InChI=1S/C30H35N3O5/c1-6-21-20(16-30(17-31)23-15-28(38-5)26(36-3)13-19(23)7-9-32-30)11-24-22-14-27(37-4)25(35-2)12-18(22)8-10-33(24)29(21)34/h7,9,12-15,20-21,24,32H,6,8,10-11,16H2,1-5H3. The highest BCUT2D eigenvalue weighted by atomic mass is 16.5. The molecule has 0 saturated carbocycles. The number of carbonyl (C=O) groups excluding carboxylic acids is 1. The van der Waals surface area contributed by atoms with Crippen molar-refractivity contribution in [3.8, 4) is 29.1 Å². The molecule has 3 aliphatic heterocycles. The summed E-state index contributed by atoms with van der Waals surface area (Å²) in [6.45, 7) is 2.75. The first-order valence-electron chi connectivity index (χ1n) is 13.1. The van der Waals surface area contributed by atoms with Gasteiger partial charge in [-0.1, -0.05) is 6.92 Å². The van der Waals surface area contributed by atoms with Crippen LogP contribution in [0.2, 0.25) is 0 Å². The van der Waals surface area contributed by atoms with Crippen molar-refractivity contribution in [1.29, 1.82) is 5.26 Å². The van der Waals surface area contributed by atoms with Crippen molar-refractivity contribution in [2.24, 2.45) is 11.8 Å². The average Bonchev–Trinajstić information content (AvgIpc) is 2.95. The number of nitriles is 1. The van der Waals surface area contributed by atoms with Crippen LogP contribution in [-0.2, 0) is 16.8 Å². The van der Waals surface area contributed by atoms with E-state index in [0.29, 0.717) is 36.0 Å². The number of nitrogens with one attached hydrogen (secondary N) is 1. The number of fused-ring (bicyclic) bond motifs is 4. The second-order valence-electron chi connectivity index (χ2n) is 10.2. The Balaban J connectivity index is 1.54. The Morgan fingerprint density at radius 1 is 1.03 bits per heavy atom. The molecule has 2 aromatic rings. The van der Waals surface area contributed by atoms with E-state index >= 15 is 0 Å². The van der Waals surface area contributed by atoms with Crippen molar-refractivity contribution in [3.05, 3.63) is 52.7 Å². The van der Waals surface area contributed by atoms with Gasteiger partial charge in [0.25, 0.3) is 0 Å². The van der Waals surface area contributed by atoms with Crippen LogP contribution < -0.4 is 24.3 Å². The van der Waals surface area contributed by atoms with Crippen LogP contribution in [0.5, 0.6) is 23.0 Å². The monoisotopic (exact) mass is 517 g/mol. The number of carbonyl (C=O) groups is 1. The van der Waals surface area contributed by atoms with Crippen molar-refractivity contribution in [2.75, 3.05) is 35.0 Å². The minimum atomic E-state index is -1.00. The van der Waals surface area contributed by atoms with Crippen LogP contribution in [0.1, 0.15) is 54.5 Å². The summed E-state index contributed by atoms with van der Waals surface area (Å²) in [5.41, 5.74) is 3.02. The number of hydrogen-bond donors (Lipinski definition) is 1. The molecule has 38 heavy (non-hydrogen) atoms. The third-order valence-corrected chi connectivity index (χ3v) is 8.51. The van der Waals surface area contributed by atoms with E-state index in [2.05, 4.69) is 18.3 Å². The predicted octanol–water partition coefficient (Wildman–Crippen LogP) is 4.58. The number of piperidine rings is 1. The smallest absolute Gasteiger partial charge is 0.226 e. The molecule has 1 saturated heterocycles. The highest BCUT2D eigenvalue weighted by molar-refractivity contribution is 5.81. The van der Waals surface area contributed by atoms with Gasteiger partial charge in [0.05, 0.1) is 40.6 Å². The zero-order chi connectivity index (χ0) is 27.0. The van der Waals surface area contributed by atoms with Gasteiger partial charge < -0.3 is 29.2 Å². The van der Waals surface area contributed by atoms with E-state index in [1.165, 1.54) is 5.56 Å². The number of rotatable bonds is 7. The quantitative estimate of drug-likeness (QED) is 0.575. The maximum Gasteiger partial charge on any atom is 0.226 e. The molecule has 4 atom stereocenters. The lowest BCUT2D eigenvalue weighted by atomic mass is 9.68. The van der Waals surface area contributed by atoms with Gasteiger partial charge in [0.1, 0.15) is 0 Å². The van der Waals surface area contributed by atoms with Crippen molar-refractivity contribution >= 4 is 12.0 Å². The first kappa shape index (κ1) is 25.8. The van der Waals surface area contributed by atoms with Gasteiger partial charge in [-0.2, -0.15) is 5.26 Å². The second-order valence-corrected chi connectivity index (χ2v) is 10.2. The van der Waals surface area contributed by atoms with Crippen LogP contribution in [-0.4, -0.2) is 45.8 Å². The number of nitrogens with zero attached hydrogens (tertiary/aromatic N) is 2. The molecule has 1 fully saturated rings. The number of amides is 1. The maximum atomic E-state index is 13.9. The molecule has 0 spiro atoms. The molecule has 8 heteroatoms. The van der Waals surface area contributed by atoms with E-state index in [0.717, 1.165) is 36.0 Å². The normalized spacial score (nSPS) is 25.3. The molecule has 4 unspecified atom stereocenters. The lowest BCUT2D eigenvalue weighted by Gasteiger charge is -2.48. The van der Waals surface area contributed by atoms with Crippen LogP contribution >= 0.6 is 0 Å². The Labute approximate surface area is 224 Å². The fourth-order valence-corrected chi connectivity index (χ4v) is 6.60. The Morgan fingerprint density at radius 2 is 1.68 bits per heavy atom. The van der Waals surface area contributed by atoms with Crippen LogP contribution in [0, 0.1) is 23.2 Å². The summed E-state index contributed by atoms with van der Waals surface area (Å²) in [5.74, 6) is 2.55.